The molecule has 1 rings (SSSR count). The minimum absolute atomic E-state index is 0.249. The largest absolute Gasteiger partial charge is 0.505 e. The van der Waals surface area contributed by atoms with E-state index in [0.717, 1.165) is 0 Å². The van der Waals surface area contributed by atoms with Crippen molar-refractivity contribution >= 4 is 0 Å². The number of rotatable bonds is 3. The van der Waals surface area contributed by atoms with Gasteiger partial charge in [0.2, 0.25) is 0 Å². The van der Waals surface area contributed by atoms with Crippen LogP contribution in [0.2, 0.25) is 0 Å². The molecule has 3 N–H and O–H groups in total. The highest BCUT2D eigenvalue weighted by atomic mass is 19.1. The van der Waals surface area contributed by atoms with Crippen LogP contribution in [0.3, 0.4) is 0 Å². The van der Waals surface area contributed by atoms with Crippen molar-refractivity contribution in [3.63, 3.8) is 0 Å². The van der Waals surface area contributed by atoms with Gasteiger partial charge in [-0.05, 0) is 25.6 Å². The molecule has 0 fully saturated rings. The molecule has 1 atom stereocenters. The van der Waals surface area contributed by atoms with Crippen LogP contribution < -0.4 is 5.32 Å². The molecule has 3 nitrogen and oxygen atoms in total. The van der Waals surface area contributed by atoms with E-state index in [1.165, 1.54) is 12.1 Å². The average molecular weight is 199 g/mol. The van der Waals surface area contributed by atoms with Gasteiger partial charge in [0.05, 0.1) is 6.10 Å². The summed E-state index contributed by atoms with van der Waals surface area (Å²) in [4.78, 5) is 0. The fourth-order valence-electron chi connectivity index (χ4n) is 1.40. The Morgan fingerprint density at radius 3 is 2.71 bits per heavy atom. The second-order valence-corrected chi connectivity index (χ2v) is 3.20. The van der Waals surface area contributed by atoms with Crippen LogP contribution in [0.1, 0.15) is 17.2 Å². The third-order valence-corrected chi connectivity index (χ3v) is 2.12. The van der Waals surface area contributed by atoms with Crippen molar-refractivity contribution in [3.05, 3.63) is 29.1 Å². The van der Waals surface area contributed by atoms with Gasteiger partial charge in [-0.15, -0.1) is 0 Å². The number of aliphatic hydroxyl groups is 1. The Balaban J connectivity index is 3.11. The first-order valence-corrected chi connectivity index (χ1v) is 4.38. The molecule has 0 saturated heterocycles. The average Bonchev–Trinajstić information content (AvgIpc) is 2.13. The van der Waals surface area contributed by atoms with Gasteiger partial charge in [0.15, 0.2) is 11.6 Å². The van der Waals surface area contributed by atoms with Crippen molar-refractivity contribution in [1.29, 1.82) is 0 Å². The van der Waals surface area contributed by atoms with E-state index in [2.05, 4.69) is 5.32 Å². The quantitative estimate of drug-likeness (QED) is 0.683. The van der Waals surface area contributed by atoms with E-state index >= 15 is 0 Å². The maximum absolute atomic E-state index is 13.0. The fraction of sp³-hybridized carbons (Fsp3) is 0.400. The van der Waals surface area contributed by atoms with Crippen LogP contribution >= 0.6 is 0 Å². The Bertz CT molecular complexity index is 328. The highest BCUT2D eigenvalue weighted by molar-refractivity contribution is 5.41. The monoisotopic (exact) mass is 199 g/mol. The van der Waals surface area contributed by atoms with Crippen LogP contribution in [0.5, 0.6) is 5.75 Å². The van der Waals surface area contributed by atoms with Crippen LogP contribution in [-0.4, -0.2) is 23.8 Å². The van der Waals surface area contributed by atoms with Gasteiger partial charge in [0.25, 0.3) is 0 Å². The first-order chi connectivity index (χ1) is 6.57. The zero-order chi connectivity index (χ0) is 10.7. The maximum Gasteiger partial charge on any atom is 0.165 e. The Morgan fingerprint density at radius 1 is 1.50 bits per heavy atom. The highest BCUT2D eigenvalue weighted by Crippen LogP contribution is 2.29. The molecule has 14 heavy (non-hydrogen) atoms. The molecule has 0 radical (unpaired) electrons. The Morgan fingerprint density at radius 2 is 2.14 bits per heavy atom. The topological polar surface area (TPSA) is 52.5 Å². The van der Waals surface area contributed by atoms with E-state index in [0.29, 0.717) is 5.56 Å². The number of benzene rings is 1. The van der Waals surface area contributed by atoms with E-state index < -0.39 is 17.7 Å². The molecule has 0 amide bonds. The molecule has 0 aliphatic carbocycles. The third-order valence-electron chi connectivity index (χ3n) is 2.12. The molecule has 0 heterocycles. The molecule has 0 aliphatic rings. The van der Waals surface area contributed by atoms with Gasteiger partial charge in [-0.1, -0.05) is 6.07 Å². The van der Waals surface area contributed by atoms with Gasteiger partial charge in [-0.25, -0.2) is 4.39 Å². The van der Waals surface area contributed by atoms with Crippen LogP contribution in [0.25, 0.3) is 0 Å². The fourth-order valence-corrected chi connectivity index (χ4v) is 1.40. The summed E-state index contributed by atoms with van der Waals surface area (Å²) in [5.74, 6) is -1.17. The smallest absolute Gasteiger partial charge is 0.165 e. The summed E-state index contributed by atoms with van der Waals surface area (Å²) in [6, 6.07) is 2.71. The molecule has 1 aromatic carbocycles. The van der Waals surface area contributed by atoms with Gasteiger partial charge in [0.1, 0.15) is 0 Å². The molecule has 78 valence electrons. The molecular weight excluding hydrogens is 185 g/mol. The molecular formula is C10H14FNO2. The second-order valence-electron chi connectivity index (χ2n) is 3.20. The molecule has 0 aromatic heterocycles. The number of nitrogens with one attached hydrogen (secondary N) is 1. The van der Waals surface area contributed by atoms with Crippen LogP contribution in [-0.2, 0) is 0 Å². The molecule has 4 heteroatoms. The number of aliphatic hydroxyl groups excluding tert-OH is 1. The lowest BCUT2D eigenvalue weighted by Gasteiger charge is -2.15. The minimum Gasteiger partial charge on any atom is -0.505 e. The summed E-state index contributed by atoms with van der Waals surface area (Å²) in [6.07, 6.45) is -0.893. The molecule has 0 spiro atoms. The number of hydrogen-bond donors (Lipinski definition) is 3. The summed E-state index contributed by atoms with van der Waals surface area (Å²) >= 11 is 0. The predicted molar refractivity (Wildman–Crippen MR) is 51.7 cm³/mol. The number of aromatic hydroxyl groups is 1. The molecule has 0 bridgehead atoms. The zero-order valence-electron chi connectivity index (χ0n) is 8.21. The number of aryl methyl sites for hydroxylation is 1. The van der Waals surface area contributed by atoms with Crippen LogP contribution in [0, 0.1) is 12.7 Å². The SMILES string of the molecule is CNCC(O)c1c(C)ccc(F)c1O. The molecule has 0 aliphatic heterocycles. The summed E-state index contributed by atoms with van der Waals surface area (Å²) in [6.45, 7) is 1.99. The standard InChI is InChI=1S/C10H14FNO2/c1-6-3-4-7(11)10(14)9(6)8(13)5-12-2/h3-4,8,12-14H,5H2,1-2H3. The lowest BCUT2D eigenvalue weighted by molar-refractivity contribution is 0.172. The van der Waals surface area contributed by atoms with Crippen LogP contribution in [0.4, 0.5) is 4.39 Å². The van der Waals surface area contributed by atoms with Crippen molar-refractivity contribution in [2.24, 2.45) is 0 Å². The number of phenolic OH excluding ortho intramolecular Hbond substituents is 1. The van der Waals surface area contributed by atoms with Gasteiger partial charge in [-0.3, -0.25) is 0 Å². The van der Waals surface area contributed by atoms with Crippen molar-refractivity contribution in [3.8, 4) is 5.75 Å². The second kappa shape index (κ2) is 4.39. The van der Waals surface area contributed by atoms with E-state index in [1.54, 1.807) is 14.0 Å². The lowest BCUT2D eigenvalue weighted by Crippen LogP contribution is -2.17. The number of halogens is 1. The molecule has 1 unspecified atom stereocenters. The molecule has 0 saturated carbocycles. The third kappa shape index (κ3) is 2.02. The summed E-state index contributed by atoms with van der Waals surface area (Å²) in [7, 11) is 1.68. The highest BCUT2D eigenvalue weighted by Gasteiger charge is 2.17. The minimum atomic E-state index is -0.893. The first-order valence-electron chi connectivity index (χ1n) is 4.38. The Kier molecular flexibility index (Phi) is 3.43. The zero-order valence-corrected chi connectivity index (χ0v) is 8.21. The van der Waals surface area contributed by atoms with Crippen molar-refractivity contribution in [2.75, 3.05) is 13.6 Å². The van der Waals surface area contributed by atoms with E-state index in [-0.39, 0.29) is 12.1 Å². The Labute approximate surface area is 82.2 Å². The lowest BCUT2D eigenvalue weighted by atomic mass is 10.0. The summed E-state index contributed by atoms with van der Waals surface area (Å²) in [5, 5.41) is 21.8. The normalized spacial score (nSPS) is 12.9. The van der Waals surface area contributed by atoms with Gasteiger partial charge < -0.3 is 15.5 Å². The maximum atomic E-state index is 13.0. The van der Waals surface area contributed by atoms with Gasteiger partial charge >= 0.3 is 0 Å². The first kappa shape index (κ1) is 10.9. The van der Waals surface area contributed by atoms with Gasteiger partial charge in [0, 0.05) is 12.1 Å². The van der Waals surface area contributed by atoms with E-state index in [9.17, 15) is 14.6 Å². The summed E-state index contributed by atoms with van der Waals surface area (Å²) in [5.41, 5.74) is 0.922. The van der Waals surface area contributed by atoms with Crippen LogP contribution in [0.15, 0.2) is 12.1 Å². The summed E-state index contributed by atoms with van der Waals surface area (Å²) < 4.78 is 13.0. The van der Waals surface area contributed by atoms with Crippen molar-refractivity contribution in [2.45, 2.75) is 13.0 Å². The van der Waals surface area contributed by atoms with E-state index in [4.69, 9.17) is 0 Å². The van der Waals surface area contributed by atoms with Crippen molar-refractivity contribution in [1.82, 2.24) is 5.32 Å². The number of phenols is 1. The van der Waals surface area contributed by atoms with Gasteiger partial charge in [-0.2, -0.15) is 0 Å². The number of hydrogen-bond acceptors (Lipinski definition) is 3. The Hall–Kier alpha value is -1.13. The predicted octanol–water partition coefficient (Wildman–Crippen LogP) is 1.09. The molecule has 1 aromatic rings. The van der Waals surface area contributed by atoms with E-state index in [1.807, 2.05) is 0 Å². The number of likely N-dealkylation sites (N-methyl/N-ethyl adjacent to an activating group) is 1. The van der Waals surface area contributed by atoms with Crippen molar-refractivity contribution < 1.29 is 14.6 Å².